The van der Waals surface area contributed by atoms with Crippen molar-refractivity contribution in [3.05, 3.63) is 30.3 Å². The molecule has 2 atom stereocenters. The standard InChI is InChI=1S/C16H21BrOS/c17-12-16(8-10-18-15(16)13-6-7-13)9-11-19-14-4-2-1-3-5-14/h1-5,13,15H,6-12H2. The minimum atomic E-state index is 0.392. The van der Waals surface area contributed by atoms with Crippen LogP contribution in [-0.2, 0) is 4.74 Å². The highest BCUT2D eigenvalue weighted by Gasteiger charge is 2.49. The van der Waals surface area contributed by atoms with Gasteiger partial charge in [0.25, 0.3) is 0 Å². The number of hydrogen-bond donors (Lipinski definition) is 0. The lowest BCUT2D eigenvalue weighted by atomic mass is 9.78. The summed E-state index contributed by atoms with van der Waals surface area (Å²) in [5, 5.41) is 1.09. The van der Waals surface area contributed by atoms with Crippen molar-refractivity contribution in [3.63, 3.8) is 0 Å². The molecule has 0 N–H and O–H groups in total. The Morgan fingerprint density at radius 1 is 1.26 bits per heavy atom. The molecule has 1 saturated carbocycles. The fourth-order valence-corrected chi connectivity index (χ4v) is 5.08. The Bertz CT molecular complexity index is 406. The topological polar surface area (TPSA) is 9.23 Å². The summed E-state index contributed by atoms with van der Waals surface area (Å²) in [6.07, 6.45) is 5.77. The number of thioether (sulfide) groups is 1. The van der Waals surface area contributed by atoms with Gasteiger partial charge in [0, 0.05) is 22.2 Å². The first-order chi connectivity index (χ1) is 9.34. The number of ether oxygens (including phenoxy) is 1. The van der Waals surface area contributed by atoms with E-state index in [1.807, 2.05) is 11.8 Å². The Balaban J connectivity index is 1.57. The van der Waals surface area contributed by atoms with Gasteiger partial charge < -0.3 is 4.74 Å². The Morgan fingerprint density at radius 2 is 2.05 bits per heavy atom. The zero-order chi connectivity index (χ0) is 13.1. The first kappa shape index (κ1) is 14.0. The minimum Gasteiger partial charge on any atom is -0.377 e. The average Bonchev–Trinajstić information content (AvgIpc) is 3.21. The summed E-state index contributed by atoms with van der Waals surface area (Å²) in [4.78, 5) is 1.38. The molecule has 1 aliphatic heterocycles. The van der Waals surface area contributed by atoms with Crippen LogP contribution in [0, 0.1) is 11.3 Å². The Labute approximate surface area is 128 Å². The van der Waals surface area contributed by atoms with Gasteiger partial charge in [-0.3, -0.25) is 0 Å². The molecule has 1 aliphatic carbocycles. The van der Waals surface area contributed by atoms with Crippen LogP contribution in [0.4, 0.5) is 0 Å². The zero-order valence-electron chi connectivity index (χ0n) is 11.2. The predicted octanol–water partition coefficient (Wildman–Crippen LogP) is 4.75. The molecule has 19 heavy (non-hydrogen) atoms. The SMILES string of the molecule is BrCC1(CCSc2ccccc2)CCOC1C1CC1. The molecule has 104 valence electrons. The van der Waals surface area contributed by atoms with Crippen LogP contribution >= 0.6 is 27.7 Å². The van der Waals surface area contributed by atoms with Gasteiger partial charge in [0.15, 0.2) is 0 Å². The molecule has 2 fully saturated rings. The van der Waals surface area contributed by atoms with Crippen molar-refractivity contribution in [3.8, 4) is 0 Å². The van der Waals surface area contributed by atoms with Crippen molar-refractivity contribution in [1.29, 1.82) is 0 Å². The van der Waals surface area contributed by atoms with Crippen molar-refractivity contribution in [2.45, 2.75) is 36.7 Å². The quantitative estimate of drug-likeness (QED) is 0.545. The molecular weight excluding hydrogens is 320 g/mol. The summed E-state index contributed by atoms with van der Waals surface area (Å²) < 4.78 is 6.05. The summed E-state index contributed by atoms with van der Waals surface area (Å²) in [5.41, 5.74) is 0.392. The first-order valence-electron chi connectivity index (χ1n) is 7.19. The summed E-state index contributed by atoms with van der Waals surface area (Å²) in [6.45, 7) is 0.961. The second kappa shape index (κ2) is 6.19. The minimum absolute atomic E-state index is 0.392. The van der Waals surface area contributed by atoms with Crippen LogP contribution in [0.15, 0.2) is 35.2 Å². The second-order valence-electron chi connectivity index (χ2n) is 5.79. The van der Waals surface area contributed by atoms with Gasteiger partial charge in [-0.15, -0.1) is 11.8 Å². The lowest BCUT2D eigenvalue weighted by molar-refractivity contribution is 0.0402. The molecule has 3 heteroatoms. The van der Waals surface area contributed by atoms with Gasteiger partial charge in [-0.05, 0) is 49.5 Å². The van der Waals surface area contributed by atoms with Gasteiger partial charge in [0.1, 0.15) is 0 Å². The highest BCUT2D eigenvalue weighted by Crippen LogP contribution is 2.51. The smallest absolute Gasteiger partial charge is 0.0668 e. The highest BCUT2D eigenvalue weighted by atomic mass is 79.9. The molecule has 1 aromatic rings. The molecule has 0 amide bonds. The Kier molecular flexibility index (Phi) is 4.55. The van der Waals surface area contributed by atoms with Gasteiger partial charge in [0.05, 0.1) is 6.10 Å². The van der Waals surface area contributed by atoms with Crippen LogP contribution < -0.4 is 0 Å². The number of rotatable bonds is 6. The first-order valence-corrected chi connectivity index (χ1v) is 9.30. The molecule has 1 aromatic carbocycles. The van der Waals surface area contributed by atoms with E-state index in [0.717, 1.165) is 17.9 Å². The molecular formula is C16H21BrOS. The van der Waals surface area contributed by atoms with E-state index in [-0.39, 0.29) is 0 Å². The number of alkyl halides is 1. The largest absolute Gasteiger partial charge is 0.377 e. The number of hydrogen-bond acceptors (Lipinski definition) is 2. The van der Waals surface area contributed by atoms with Crippen LogP contribution in [0.3, 0.4) is 0 Å². The van der Waals surface area contributed by atoms with Crippen molar-refractivity contribution in [1.82, 2.24) is 0 Å². The van der Waals surface area contributed by atoms with Crippen LogP contribution in [0.1, 0.15) is 25.7 Å². The van der Waals surface area contributed by atoms with Gasteiger partial charge in [-0.2, -0.15) is 0 Å². The van der Waals surface area contributed by atoms with E-state index in [4.69, 9.17) is 4.74 Å². The number of benzene rings is 1. The normalized spacial score (nSPS) is 30.7. The second-order valence-corrected chi connectivity index (χ2v) is 7.52. The third kappa shape index (κ3) is 3.20. The van der Waals surface area contributed by atoms with E-state index in [2.05, 4.69) is 46.3 Å². The average molecular weight is 341 g/mol. The lowest BCUT2D eigenvalue weighted by Gasteiger charge is -2.32. The molecule has 1 nitrogen and oxygen atoms in total. The summed E-state index contributed by atoms with van der Waals surface area (Å²) >= 11 is 5.75. The van der Waals surface area contributed by atoms with E-state index in [1.165, 1.54) is 36.3 Å². The van der Waals surface area contributed by atoms with Gasteiger partial charge in [-0.25, -0.2) is 0 Å². The maximum absolute atomic E-state index is 6.05. The lowest BCUT2D eigenvalue weighted by Crippen LogP contribution is -2.35. The monoisotopic (exact) mass is 340 g/mol. The Hall–Kier alpha value is 0.01000. The molecule has 0 spiro atoms. The van der Waals surface area contributed by atoms with Crippen LogP contribution in [-0.4, -0.2) is 23.8 Å². The number of halogens is 1. The van der Waals surface area contributed by atoms with Crippen molar-refractivity contribution >= 4 is 27.7 Å². The highest BCUT2D eigenvalue weighted by molar-refractivity contribution is 9.09. The van der Waals surface area contributed by atoms with E-state index < -0.39 is 0 Å². The fraction of sp³-hybridized carbons (Fsp3) is 0.625. The third-order valence-electron chi connectivity index (χ3n) is 4.43. The molecule has 1 saturated heterocycles. The molecule has 1 heterocycles. The molecule has 0 bridgehead atoms. The van der Waals surface area contributed by atoms with Crippen LogP contribution in [0.5, 0.6) is 0 Å². The van der Waals surface area contributed by atoms with Crippen LogP contribution in [0.25, 0.3) is 0 Å². The molecule has 0 radical (unpaired) electrons. The molecule has 0 aromatic heterocycles. The maximum Gasteiger partial charge on any atom is 0.0668 e. The molecule has 2 aliphatic rings. The third-order valence-corrected chi connectivity index (χ3v) is 6.56. The zero-order valence-corrected chi connectivity index (χ0v) is 13.6. The van der Waals surface area contributed by atoms with Crippen molar-refractivity contribution in [2.75, 3.05) is 17.7 Å². The van der Waals surface area contributed by atoms with E-state index in [9.17, 15) is 0 Å². The van der Waals surface area contributed by atoms with Crippen molar-refractivity contribution in [2.24, 2.45) is 11.3 Å². The van der Waals surface area contributed by atoms with Gasteiger partial charge >= 0.3 is 0 Å². The van der Waals surface area contributed by atoms with E-state index >= 15 is 0 Å². The Morgan fingerprint density at radius 3 is 2.74 bits per heavy atom. The van der Waals surface area contributed by atoms with E-state index in [0.29, 0.717) is 11.5 Å². The van der Waals surface area contributed by atoms with E-state index in [1.54, 1.807) is 0 Å². The van der Waals surface area contributed by atoms with Crippen LogP contribution in [0.2, 0.25) is 0 Å². The summed E-state index contributed by atoms with van der Waals surface area (Å²) in [5.74, 6) is 2.05. The fourth-order valence-electron chi connectivity index (χ4n) is 3.11. The van der Waals surface area contributed by atoms with Gasteiger partial charge in [-0.1, -0.05) is 34.1 Å². The molecule has 3 rings (SSSR count). The predicted molar refractivity (Wildman–Crippen MR) is 85.1 cm³/mol. The van der Waals surface area contributed by atoms with Crippen molar-refractivity contribution < 1.29 is 4.74 Å². The van der Waals surface area contributed by atoms with Gasteiger partial charge in [0.2, 0.25) is 0 Å². The maximum atomic E-state index is 6.05. The molecule has 2 unspecified atom stereocenters. The summed E-state index contributed by atoms with van der Waals surface area (Å²) in [6, 6.07) is 10.7. The summed E-state index contributed by atoms with van der Waals surface area (Å²) in [7, 11) is 0.